The summed E-state index contributed by atoms with van der Waals surface area (Å²) in [5, 5.41) is 13.0. The fourth-order valence-electron chi connectivity index (χ4n) is 2.39. The van der Waals surface area contributed by atoms with Gasteiger partial charge in [-0.15, -0.1) is 0 Å². The van der Waals surface area contributed by atoms with Crippen molar-refractivity contribution < 1.29 is 5.11 Å². The van der Waals surface area contributed by atoms with Gasteiger partial charge in [0.1, 0.15) is 5.75 Å². The number of aromatic hydroxyl groups is 1. The lowest BCUT2D eigenvalue weighted by Gasteiger charge is -2.26. The fourth-order valence-corrected chi connectivity index (χ4v) is 2.39. The molecule has 2 atom stereocenters. The maximum atomic E-state index is 9.30. The smallest absolute Gasteiger partial charge is 0.115 e. The number of phenols is 1. The zero-order valence-electron chi connectivity index (χ0n) is 10.4. The van der Waals surface area contributed by atoms with Crippen molar-refractivity contribution >= 4 is 0 Å². The zero-order chi connectivity index (χ0) is 12.1. The van der Waals surface area contributed by atoms with E-state index in [1.54, 1.807) is 12.1 Å². The SMILES string of the molecule is CCC(NC1CC=CCC1)c1ccc(O)cc1. The van der Waals surface area contributed by atoms with E-state index in [2.05, 4.69) is 24.4 Å². The lowest BCUT2D eigenvalue weighted by molar-refractivity contribution is 0.401. The number of phenolic OH excluding ortho intramolecular Hbond substituents is 1. The summed E-state index contributed by atoms with van der Waals surface area (Å²) < 4.78 is 0. The molecule has 17 heavy (non-hydrogen) atoms. The van der Waals surface area contributed by atoms with Gasteiger partial charge in [0.2, 0.25) is 0 Å². The van der Waals surface area contributed by atoms with Gasteiger partial charge in [0.25, 0.3) is 0 Å². The van der Waals surface area contributed by atoms with Crippen LogP contribution in [-0.2, 0) is 0 Å². The van der Waals surface area contributed by atoms with Crippen molar-refractivity contribution in [1.29, 1.82) is 0 Å². The normalized spacial score (nSPS) is 21.4. The van der Waals surface area contributed by atoms with Gasteiger partial charge in [0, 0.05) is 12.1 Å². The van der Waals surface area contributed by atoms with Crippen molar-refractivity contribution in [1.82, 2.24) is 5.32 Å². The summed E-state index contributed by atoms with van der Waals surface area (Å²) in [6.45, 7) is 2.20. The molecule has 0 fully saturated rings. The maximum absolute atomic E-state index is 9.30. The lowest BCUT2D eigenvalue weighted by atomic mass is 9.98. The fraction of sp³-hybridized carbons (Fsp3) is 0.467. The maximum Gasteiger partial charge on any atom is 0.115 e. The van der Waals surface area contributed by atoms with Crippen LogP contribution in [0.3, 0.4) is 0 Å². The Morgan fingerprint density at radius 1 is 1.29 bits per heavy atom. The van der Waals surface area contributed by atoms with Crippen LogP contribution in [0.4, 0.5) is 0 Å². The number of benzene rings is 1. The topological polar surface area (TPSA) is 32.3 Å². The molecule has 0 saturated heterocycles. The second-order valence-corrected chi connectivity index (χ2v) is 4.70. The summed E-state index contributed by atoms with van der Waals surface area (Å²) >= 11 is 0. The van der Waals surface area contributed by atoms with Crippen molar-refractivity contribution in [3.05, 3.63) is 42.0 Å². The molecule has 92 valence electrons. The van der Waals surface area contributed by atoms with Crippen LogP contribution in [0.5, 0.6) is 5.75 Å². The van der Waals surface area contributed by atoms with Gasteiger partial charge < -0.3 is 10.4 Å². The van der Waals surface area contributed by atoms with E-state index < -0.39 is 0 Å². The Balaban J connectivity index is 2.00. The molecule has 0 bridgehead atoms. The molecule has 2 rings (SSSR count). The summed E-state index contributed by atoms with van der Waals surface area (Å²) in [4.78, 5) is 0. The molecule has 0 radical (unpaired) electrons. The van der Waals surface area contributed by atoms with Crippen molar-refractivity contribution in [2.24, 2.45) is 0 Å². The Labute approximate surface area is 103 Å². The zero-order valence-corrected chi connectivity index (χ0v) is 10.4. The Hall–Kier alpha value is -1.28. The average molecular weight is 231 g/mol. The molecule has 0 amide bonds. The second-order valence-electron chi connectivity index (χ2n) is 4.70. The van der Waals surface area contributed by atoms with Gasteiger partial charge in [-0.2, -0.15) is 0 Å². The van der Waals surface area contributed by atoms with Crippen LogP contribution in [0.15, 0.2) is 36.4 Å². The molecule has 0 spiro atoms. The lowest BCUT2D eigenvalue weighted by Crippen LogP contribution is -2.33. The van der Waals surface area contributed by atoms with Gasteiger partial charge in [-0.05, 0) is 43.4 Å². The number of allylic oxidation sites excluding steroid dienone is 1. The second kappa shape index (κ2) is 5.87. The third kappa shape index (κ3) is 3.34. The minimum atomic E-state index is 0.337. The number of nitrogens with one attached hydrogen (secondary N) is 1. The van der Waals surface area contributed by atoms with E-state index >= 15 is 0 Å². The van der Waals surface area contributed by atoms with Crippen LogP contribution in [0.2, 0.25) is 0 Å². The first-order valence-electron chi connectivity index (χ1n) is 6.49. The van der Waals surface area contributed by atoms with E-state index in [1.165, 1.54) is 18.4 Å². The van der Waals surface area contributed by atoms with E-state index in [4.69, 9.17) is 0 Å². The summed E-state index contributed by atoms with van der Waals surface area (Å²) in [6, 6.07) is 8.54. The van der Waals surface area contributed by atoms with Crippen LogP contribution in [0.1, 0.15) is 44.2 Å². The molecule has 2 nitrogen and oxygen atoms in total. The molecule has 0 aromatic heterocycles. The molecule has 2 heteroatoms. The molecule has 0 heterocycles. The van der Waals surface area contributed by atoms with Gasteiger partial charge in [0.15, 0.2) is 0 Å². The first-order chi connectivity index (χ1) is 8.29. The average Bonchev–Trinajstić information content (AvgIpc) is 2.38. The van der Waals surface area contributed by atoms with E-state index in [9.17, 15) is 5.11 Å². The van der Waals surface area contributed by atoms with Crippen molar-refractivity contribution in [2.75, 3.05) is 0 Å². The highest BCUT2D eigenvalue weighted by Crippen LogP contribution is 2.22. The molecule has 0 aliphatic heterocycles. The number of hydrogen-bond acceptors (Lipinski definition) is 2. The van der Waals surface area contributed by atoms with E-state index in [-0.39, 0.29) is 0 Å². The Bertz CT molecular complexity index is 369. The highest BCUT2D eigenvalue weighted by atomic mass is 16.3. The van der Waals surface area contributed by atoms with Crippen LogP contribution < -0.4 is 5.32 Å². The van der Waals surface area contributed by atoms with Gasteiger partial charge in [-0.1, -0.05) is 31.2 Å². The first-order valence-corrected chi connectivity index (χ1v) is 6.49. The molecule has 2 unspecified atom stereocenters. The van der Waals surface area contributed by atoms with E-state index in [0.717, 1.165) is 12.8 Å². The van der Waals surface area contributed by atoms with E-state index in [1.807, 2.05) is 12.1 Å². The number of hydrogen-bond donors (Lipinski definition) is 2. The van der Waals surface area contributed by atoms with Crippen LogP contribution in [0.25, 0.3) is 0 Å². The summed E-state index contributed by atoms with van der Waals surface area (Å²) in [5.41, 5.74) is 1.26. The molecule has 2 N–H and O–H groups in total. The minimum Gasteiger partial charge on any atom is -0.508 e. The molecule has 1 aliphatic rings. The summed E-state index contributed by atoms with van der Waals surface area (Å²) in [6.07, 6.45) is 9.15. The third-order valence-corrected chi connectivity index (χ3v) is 3.41. The molecular formula is C15H21NO. The predicted octanol–water partition coefficient (Wildman–Crippen LogP) is 3.54. The monoisotopic (exact) mass is 231 g/mol. The highest BCUT2D eigenvalue weighted by molar-refractivity contribution is 5.28. The Kier molecular flexibility index (Phi) is 4.21. The van der Waals surface area contributed by atoms with E-state index in [0.29, 0.717) is 17.8 Å². The summed E-state index contributed by atoms with van der Waals surface area (Å²) in [5.74, 6) is 0.337. The predicted molar refractivity (Wildman–Crippen MR) is 71.1 cm³/mol. The third-order valence-electron chi connectivity index (χ3n) is 3.41. The van der Waals surface area contributed by atoms with Gasteiger partial charge >= 0.3 is 0 Å². The highest BCUT2D eigenvalue weighted by Gasteiger charge is 2.15. The quantitative estimate of drug-likeness (QED) is 0.777. The first kappa shape index (κ1) is 12.2. The molecule has 1 aromatic rings. The summed E-state index contributed by atoms with van der Waals surface area (Å²) in [7, 11) is 0. The van der Waals surface area contributed by atoms with Crippen molar-refractivity contribution in [3.63, 3.8) is 0 Å². The minimum absolute atomic E-state index is 0.337. The molecule has 1 aliphatic carbocycles. The largest absolute Gasteiger partial charge is 0.508 e. The molecule has 0 saturated carbocycles. The van der Waals surface area contributed by atoms with Crippen molar-refractivity contribution in [3.8, 4) is 5.75 Å². The number of rotatable bonds is 4. The van der Waals surface area contributed by atoms with Gasteiger partial charge in [-0.3, -0.25) is 0 Å². The van der Waals surface area contributed by atoms with Gasteiger partial charge in [0.05, 0.1) is 0 Å². The molecular weight excluding hydrogens is 210 g/mol. The van der Waals surface area contributed by atoms with Crippen LogP contribution in [0, 0.1) is 0 Å². The van der Waals surface area contributed by atoms with Crippen molar-refractivity contribution in [2.45, 2.75) is 44.7 Å². The van der Waals surface area contributed by atoms with Crippen LogP contribution in [-0.4, -0.2) is 11.1 Å². The Morgan fingerprint density at radius 3 is 2.65 bits per heavy atom. The van der Waals surface area contributed by atoms with Gasteiger partial charge in [-0.25, -0.2) is 0 Å². The van der Waals surface area contributed by atoms with Crippen LogP contribution >= 0.6 is 0 Å². The standard InChI is InChI=1S/C15H21NO/c1-2-15(12-8-10-14(17)11-9-12)16-13-6-4-3-5-7-13/h3-4,8-11,13,15-17H,2,5-7H2,1H3. The Morgan fingerprint density at radius 2 is 2.06 bits per heavy atom. The molecule has 1 aromatic carbocycles.